The molecule has 0 bridgehead atoms. The van der Waals surface area contributed by atoms with E-state index in [0.717, 1.165) is 0 Å². The molecule has 0 radical (unpaired) electrons. The van der Waals surface area contributed by atoms with Gasteiger partial charge in [-0.1, -0.05) is 27.7 Å². The maximum atomic E-state index is 11.5. The number of rotatable bonds is 3. The number of likely N-dealkylation sites (N-methyl/N-ethyl adjacent to an activating group) is 1. The van der Waals surface area contributed by atoms with Crippen molar-refractivity contribution in [2.75, 3.05) is 7.05 Å². The van der Waals surface area contributed by atoms with Gasteiger partial charge in [-0.15, -0.1) is 0 Å². The van der Waals surface area contributed by atoms with Crippen LogP contribution in [0.2, 0.25) is 0 Å². The second kappa shape index (κ2) is 8.78. The van der Waals surface area contributed by atoms with Crippen LogP contribution in [0, 0.1) is 5.92 Å². The largest absolute Gasteiger partial charge is 0.444 e. The van der Waals surface area contributed by atoms with E-state index in [1.54, 1.807) is 20.8 Å². The second-order valence-electron chi connectivity index (χ2n) is 4.98. The number of hydrogen-bond donors (Lipinski definition) is 2. The zero-order valence-corrected chi connectivity index (χ0v) is 12.9. The molecule has 0 saturated heterocycles. The Bertz CT molecular complexity index is 257. The van der Waals surface area contributed by atoms with E-state index in [4.69, 9.17) is 4.74 Å². The number of carbonyl (C=O) groups excluding carboxylic acids is 2. The number of alkyl carbamates (subject to hydrolysis) is 1. The lowest BCUT2D eigenvalue weighted by Crippen LogP contribution is -2.50. The molecule has 108 valence electrons. The van der Waals surface area contributed by atoms with Crippen molar-refractivity contribution in [3.05, 3.63) is 0 Å². The van der Waals surface area contributed by atoms with Crippen LogP contribution in [0.15, 0.2) is 0 Å². The summed E-state index contributed by atoms with van der Waals surface area (Å²) in [6, 6.07) is -0.570. The molecule has 2 N–H and O–H groups in total. The van der Waals surface area contributed by atoms with Crippen LogP contribution in [0.3, 0.4) is 0 Å². The normalized spacial score (nSPS) is 12.1. The minimum Gasteiger partial charge on any atom is -0.444 e. The maximum Gasteiger partial charge on any atom is 0.408 e. The summed E-state index contributed by atoms with van der Waals surface area (Å²) in [5.41, 5.74) is -0.561. The minimum absolute atomic E-state index is 0.00692. The van der Waals surface area contributed by atoms with Gasteiger partial charge in [0.1, 0.15) is 11.6 Å². The fourth-order valence-corrected chi connectivity index (χ4v) is 1.12. The number of ether oxygens (including phenoxy) is 1. The van der Waals surface area contributed by atoms with Crippen molar-refractivity contribution < 1.29 is 14.3 Å². The van der Waals surface area contributed by atoms with Gasteiger partial charge in [0.15, 0.2) is 0 Å². The molecule has 0 spiro atoms. The van der Waals surface area contributed by atoms with Crippen LogP contribution in [0.4, 0.5) is 4.79 Å². The van der Waals surface area contributed by atoms with Crippen LogP contribution in [0.25, 0.3) is 0 Å². The molecular formula is C13H28N2O3. The van der Waals surface area contributed by atoms with Crippen LogP contribution < -0.4 is 10.6 Å². The zero-order valence-electron chi connectivity index (χ0n) is 12.9. The van der Waals surface area contributed by atoms with Gasteiger partial charge < -0.3 is 15.4 Å². The Kier molecular flexibility index (Phi) is 9.31. The van der Waals surface area contributed by atoms with Crippen LogP contribution in [-0.2, 0) is 9.53 Å². The van der Waals surface area contributed by atoms with E-state index in [1.165, 1.54) is 7.05 Å². The van der Waals surface area contributed by atoms with Gasteiger partial charge in [0.25, 0.3) is 0 Å². The Balaban J connectivity index is 0. The summed E-state index contributed by atoms with van der Waals surface area (Å²) in [7, 11) is 1.54. The molecule has 1 atom stereocenters. The van der Waals surface area contributed by atoms with Crippen LogP contribution in [0.5, 0.6) is 0 Å². The molecule has 0 fully saturated rings. The highest BCUT2D eigenvalue weighted by Gasteiger charge is 2.25. The zero-order chi connectivity index (χ0) is 14.9. The van der Waals surface area contributed by atoms with E-state index < -0.39 is 17.7 Å². The minimum atomic E-state index is -0.574. The number of nitrogens with one attached hydrogen (secondary N) is 2. The van der Waals surface area contributed by atoms with Gasteiger partial charge in [-0.2, -0.15) is 0 Å². The van der Waals surface area contributed by atoms with Crippen molar-refractivity contribution in [1.29, 1.82) is 0 Å². The van der Waals surface area contributed by atoms with Crippen LogP contribution >= 0.6 is 0 Å². The SMILES string of the molecule is CC.CNC(=O)C(NC(=O)OC(C)(C)C)C(C)C. The molecule has 0 rings (SSSR count). The molecule has 0 aromatic rings. The molecule has 18 heavy (non-hydrogen) atoms. The smallest absolute Gasteiger partial charge is 0.408 e. The quantitative estimate of drug-likeness (QED) is 0.818. The van der Waals surface area contributed by atoms with Gasteiger partial charge in [0, 0.05) is 7.05 Å². The first-order chi connectivity index (χ1) is 8.17. The first-order valence-corrected chi connectivity index (χ1v) is 6.38. The summed E-state index contributed by atoms with van der Waals surface area (Å²) >= 11 is 0. The van der Waals surface area contributed by atoms with Crippen LogP contribution in [0.1, 0.15) is 48.5 Å². The van der Waals surface area contributed by atoms with Crippen molar-refractivity contribution in [1.82, 2.24) is 10.6 Å². The molecule has 0 heterocycles. The van der Waals surface area contributed by atoms with Gasteiger partial charge in [-0.3, -0.25) is 4.79 Å². The van der Waals surface area contributed by atoms with Gasteiger partial charge in [0.2, 0.25) is 5.91 Å². The Labute approximate surface area is 111 Å². The summed E-state index contributed by atoms with van der Waals surface area (Å²) < 4.78 is 5.08. The van der Waals surface area contributed by atoms with Crippen molar-refractivity contribution in [3.8, 4) is 0 Å². The summed E-state index contributed by atoms with van der Waals surface area (Å²) in [5.74, 6) is -0.215. The predicted octanol–water partition coefficient (Wildman–Crippen LogP) is 2.31. The number of amides is 2. The fraction of sp³-hybridized carbons (Fsp3) is 0.846. The van der Waals surface area contributed by atoms with Crippen LogP contribution in [-0.4, -0.2) is 30.7 Å². The fourth-order valence-electron chi connectivity index (χ4n) is 1.12. The summed E-state index contributed by atoms with van der Waals surface area (Å²) in [5, 5.41) is 5.06. The molecule has 0 saturated carbocycles. The average molecular weight is 260 g/mol. The summed E-state index contributed by atoms with van der Waals surface area (Å²) in [6.07, 6.45) is -0.574. The third-order valence-electron chi connectivity index (χ3n) is 1.87. The highest BCUT2D eigenvalue weighted by Crippen LogP contribution is 2.08. The monoisotopic (exact) mass is 260 g/mol. The molecule has 1 unspecified atom stereocenters. The first-order valence-electron chi connectivity index (χ1n) is 6.38. The molecule has 5 heteroatoms. The van der Waals surface area contributed by atoms with Crippen molar-refractivity contribution >= 4 is 12.0 Å². The molecule has 0 aliphatic carbocycles. The van der Waals surface area contributed by atoms with E-state index >= 15 is 0 Å². The van der Waals surface area contributed by atoms with Gasteiger partial charge in [-0.05, 0) is 26.7 Å². The molecule has 2 amide bonds. The molecule has 0 aliphatic heterocycles. The van der Waals surface area contributed by atoms with E-state index in [2.05, 4.69) is 10.6 Å². The lowest BCUT2D eigenvalue weighted by atomic mass is 10.0. The van der Waals surface area contributed by atoms with Gasteiger partial charge in [-0.25, -0.2) is 4.79 Å². The maximum absolute atomic E-state index is 11.5. The molecule has 0 aliphatic rings. The Morgan fingerprint density at radius 1 is 1.11 bits per heavy atom. The van der Waals surface area contributed by atoms with E-state index in [9.17, 15) is 9.59 Å². The van der Waals surface area contributed by atoms with E-state index in [-0.39, 0.29) is 11.8 Å². The van der Waals surface area contributed by atoms with E-state index in [1.807, 2.05) is 27.7 Å². The Morgan fingerprint density at radius 3 is 1.83 bits per heavy atom. The van der Waals surface area contributed by atoms with Gasteiger partial charge >= 0.3 is 6.09 Å². The molecule has 0 aromatic carbocycles. The number of hydrogen-bond acceptors (Lipinski definition) is 3. The Morgan fingerprint density at radius 2 is 1.56 bits per heavy atom. The molecule has 0 aromatic heterocycles. The standard InChI is InChI=1S/C11H22N2O3.C2H6/c1-7(2)8(9(14)12-6)13-10(15)16-11(3,4)5;1-2/h7-8H,1-6H3,(H,12,14)(H,13,15);1-2H3. The summed E-state index contributed by atoms with van der Waals surface area (Å²) in [4.78, 5) is 23.0. The Hall–Kier alpha value is -1.26. The number of carbonyl (C=O) groups is 2. The van der Waals surface area contributed by atoms with Gasteiger partial charge in [0.05, 0.1) is 0 Å². The van der Waals surface area contributed by atoms with E-state index in [0.29, 0.717) is 0 Å². The second-order valence-corrected chi connectivity index (χ2v) is 4.98. The highest BCUT2D eigenvalue weighted by atomic mass is 16.6. The lowest BCUT2D eigenvalue weighted by molar-refractivity contribution is -0.123. The molecule has 5 nitrogen and oxygen atoms in total. The highest BCUT2D eigenvalue weighted by molar-refractivity contribution is 5.85. The first kappa shape index (κ1) is 19.1. The average Bonchev–Trinajstić information content (AvgIpc) is 2.25. The van der Waals surface area contributed by atoms with Crippen molar-refractivity contribution in [3.63, 3.8) is 0 Å². The topological polar surface area (TPSA) is 67.4 Å². The predicted molar refractivity (Wildman–Crippen MR) is 73.4 cm³/mol. The third kappa shape index (κ3) is 8.84. The van der Waals surface area contributed by atoms with Crippen molar-refractivity contribution in [2.45, 2.75) is 60.1 Å². The molecular weight excluding hydrogens is 232 g/mol. The summed E-state index contributed by atoms with van der Waals surface area (Å²) in [6.45, 7) is 13.0. The van der Waals surface area contributed by atoms with Crippen molar-refractivity contribution in [2.24, 2.45) is 5.92 Å². The lowest BCUT2D eigenvalue weighted by Gasteiger charge is -2.24. The third-order valence-corrected chi connectivity index (χ3v) is 1.87.